The normalized spacial score (nSPS) is 28.2. The first-order valence-electron chi connectivity index (χ1n) is 5.33. The van der Waals surface area contributed by atoms with Gasteiger partial charge in [0, 0.05) is 5.75 Å². The molecule has 18 heavy (non-hydrogen) atoms. The number of carboxylic acid groups (broad SMARTS) is 1. The number of halogens is 1. The third-order valence-corrected chi connectivity index (χ3v) is 5.39. The van der Waals surface area contributed by atoms with Gasteiger partial charge in [-0.3, -0.25) is 14.1 Å². The summed E-state index contributed by atoms with van der Waals surface area (Å²) in [6, 6.07) is 0. The predicted octanol–water partition coefficient (Wildman–Crippen LogP) is 0.855. The quantitative estimate of drug-likeness (QED) is 0.732. The van der Waals surface area contributed by atoms with Crippen LogP contribution in [0.3, 0.4) is 0 Å². The SMILES string of the molecule is CC(O)[C@H]1C(=O)N2C(C(=O)O)=C(SCCF)S[C@H]12. The molecular formula is C10H12FNO4S2. The van der Waals surface area contributed by atoms with Crippen LogP contribution in [0.15, 0.2) is 9.93 Å². The molecule has 1 amide bonds. The molecule has 8 heteroatoms. The maximum absolute atomic E-state index is 12.1. The van der Waals surface area contributed by atoms with Crippen molar-refractivity contribution >= 4 is 35.4 Å². The lowest BCUT2D eigenvalue weighted by Gasteiger charge is -2.43. The van der Waals surface area contributed by atoms with Crippen molar-refractivity contribution in [3.8, 4) is 0 Å². The topological polar surface area (TPSA) is 77.8 Å². The number of nitrogens with zero attached hydrogens (tertiary/aromatic N) is 1. The number of hydrogen-bond donors (Lipinski definition) is 2. The molecule has 0 bridgehead atoms. The number of carboxylic acids is 1. The van der Waals surface area contributed by atoms with Gasteiger partial charge in [0.1, 0.15) is 5.37 Å². The van der Waals surface area contributed by atoms with Crippen LogP contribution in [0.2, 0.25) is 0 Å². The van der Waals surface area contributed by atoms with Gasteiger partial charge in [0.15, 0.2) is 5.70 Å². The van der Waals surface area contributed by atoms with Crippen molar-refractivity contribution in [1.29, 1.82) is 0 Å². The summed E-state index contributed by atoms with van der Waals surface area (Å²) in [5.74, 6) is -1.99. The summed E-state index contributed by atoms with van der Waals surface area (Å²) in [6.07, 6.45) is -0.813. The average Bonchev–Trinajstić information content (AvgIpc) is 2.60. The summed E-state index contributed by atoms with van der Waals surface area (Å²) < 4.78 is 12.6. The largest absolute Gasteiger partial charge is 0.477 e. The molecule has 2 aliphatic rings. The number of fused-ring (bicyclic) bond motifs is 1. The standard InChI is InChI=1S/C10H12FNO4S2/c1-4(13)5-7(14)12-6(9(15)16)10(17-3-2-11)18-8(5)12/h4-5,8,13H,2-3H2,1H3,(H,15,16)/t4?,5-,8+/m0/s1. The van der Waals surface area contributed by atoms with Crippen LogP contribution < -0.4 is 0 Å². The van der Waals surface area contributed by atoms with Gasteiger partial charge in [-0.25, -0.2) is 4.79 Å². The van der Waals surface area contributed by atoms with Crippen LogP contribution in [0.1, 0.15) is 6.92 Å². The molecule has 1 fully saturated rings. The van der Waals surface area contributed by atoms with E-state index in [9.17, 15) is 19.1 Å². The molecule has 0 aromatic carbocycles. The summed E-state index contributed by atoms with van der Waals surface area (Å²) >= 11 is 2.31. The Morgan fingerprint density at radius 1 is 1.67 bits per heavy atom. The Kier molecular flexibility index (Phi) is 3.88. The Labute approximate surface area is 111 Å². The van der Waals surface area contributed by atoms with Crippen molar-refractivity contribution in [1.82, 2.24) is 4.90 Å². The van der Waals surface area contributed by atoms with Crippen LogP contribution in [0, 0.1) is 5.92 Å². The zero-order valence-corrected chi connectivity index (χ0v) is 11.1. The monoisotopic (exact) mass is 293 g/mol. The van der Waals surface area contributed by atoms with Gasteiger partial charge in [-0.1, -0.05) is 11.8 Å². The highest BCUT2D eigenvalue weighted by molar-refractivity contribution is 8.22. The lowest BCUT2D eigenvalue weighted by atomic mass is 9.92. The first-order chi connectivity index (χ1) is 8.49. The molecule has 0 aromatic heterocycles. The molecule has 5 nitrogen and oxygen atoms in total. The molecule has 1 unspecified atom stereocenters. The Morgan fingerprint density at radius 3 is 2.83 bits per heavy atom. The van der Waals surface area contributed by atoms with Crippen LogP contribution in [0.25, 0.3) is 0 Å². The number of thioether (sulfide) groups is 2. The summed E-state index contributed by atoms with van der Waals surface area (Å²) in [5, 5.41) is 18.2. The molecular weight excluding hydrogens is 281 g/mol. The minimum atomic E-state index is -1.19. The van der Waals surface area contributed by atoms with Crippen molar-refractivity contribution in [3.05, 3.63) is 9.93 Å². The lowest BCUT2D eigenvalue weighted by molar-refractivity contribution is -0.156. The summed E-state index contributed by atoms with van der Waals surface area (Å²) in [7, 11) is 0. The van der Waals surface area contributed by atoms with Crippen molar-refractivity contribution in [2.45, 2.75) is 18.4 Å². The third-order valence-electron chi connectivity index (χ3n) is 2.78. The molecule has 0 aromatic rings. The molecule has 0 aliphatic carbocycles. The Hall–Kier alpha value is -0.730. The number of rotatable bonds is 5. The molecule has 3 atom stereocenters. The number of aliphatic hydroxyl groups is 1. The maximum Gasteiger partial charge on any atom is 0.354 e. The van der Waals surface area contributed by atoms with Gasteiger partial charge in [-0.05, 0) is 6.92 Å². The Morgan fingerprint density at radius 2 is 2.33 bits per heavy atom. The maximum atomic E-state index is 12.1. The van der Waals surface area contributed by atoms with Gasteiger partial charge in [-0.2, -0.15) is 0 Å². The fourth-order valence-corrected chi connectivity index (χ4v) is 4.71. The molecule has 1 saturated heterocycles. The van der Waals surface area contributed by atoms with Crippen molar-refractivity contribution in [2.75, 3.05) is 12.4 Å². The minimum absolute atomic E-state index is 0.0784. The van der Waals surface area contributed by atoms with E-state index >= 15 is 0 Å². The van der Waals surface area contributed by atoms with Crippen LogP contribution in [-0.2, 0) is 9.59 Å². The fourth-order valence-electron chi connectivity index (χ4n) is 1.98. The number of amides is 1. The second-order valence-corrected chi connectivity index (χ2v) is 6.45. The van der Waals surface area contributed by atoms with Crippen LogP contribution in [0.5, 0.6) is 0 Å². The minimum Gasteiger partial charge on any atom is -0.477 e. The van der Waals surface area contributed by atoms with E-state index in [-0.39, 0.29) is 22.7 Å². The van der Waals surface area contributed by atoms with Gasteiger partial charge < -0.3 is 10.2 Å². The highest BCUT2D eigenvalue weighted by Gasteiger charge is 2.57. The van der Waals surface area contributed by atoms with E-state index in [1.165, 1.54) is 23.6 Å². The third kappa shape index (κ3) is 2.02. The van der Waals surface area contributed by atoms with Gasteiger partial charge >= 0.3 is 5.97 Å². The molecule has 0 spiro atoms. The zero-order valence-electron chi connectivity index (χ0n) is 9.50. The summed E-state index contributed by atoms with van der Waals surface area (Å²) in [5.41, 5.74) is -0.0784. The Bertz CT molecular complexity index is 426. The summed E-state index contributed by atoms with van der Waals surface area (Å²) in [4.78, 5) is 24.1. The van der Waals surface area contributed by atoms with Crippen LogP contribution >= 0.6 is 23.5 Å². The zero-order chi connectivity index (χ0) is 13.4. The number of aliphatic carboxylic acids is 1. The smallest absolute Gasteiger partial charge is 0.354 e. The number of carbonyl (C=O) groups excluding carboxylic acids is 1. The second-order valence-electron chi connectivity index (χ2n) is 3.96. The van der Waals surface area contributed by atoms with Gasteiger partial charge in [0.05, 0.1) is 22.9 Å². The van der Waals surface area contributed by atoms with E-state index < -0.39 is 24.7 Å². The van der Waals surface area contributed by atoms with E-state index in [1.54, 1.807) is 0 Å². The number of carbonyl (C=O) groups is 2. The predicted molar refractivity (Wildman–Crippen MR) is 66.5 cm³/mol. The average molecular weight is 293 g/mol. The van der Waals surface area contributed by atoms with Crippen molar-refractivity contribution < 1.29 is 24.2 Å². The van der Waals surface area contributed by atoms with Gasteiger partial charge in [0.2, 0.25) is 5.91 Å². The first kappa shape index (κ1) is 13.7. The highest BCUT2D eigenvalue weighted by Crippen LogP contribution is 2.53. The highest BCUT2D eigenvalue weighted by atomic mass is 32.2. The molecule has 2 heterocycles. The number of β-lactam (4-membered cyclic amide) rings is 1. The first-order valence-corrected chi connectivity index (χ1v) is 7.19. The lowest BCUT2D eigenvalue weighted by Crippen LogP contribution is -2.60. The molecule has 2 aliphatic heterocycles. The number of aliphatic hydroxyl groups excluding tert-OH is 1. The molecule has 100 valence electrons. The van der Waals surface area contributed by atoms with Crippen molar-refractivity contribution in [2.24, 2.45) is 5.92 Å². The molecule has 0 saturated carbocycles. The van der Waals surface area contributed by atoms with Crippen molar-refractivity contribution in [3.63, 3.8) is 0 Å². The molecule has 2 N–H and O–H groups in total. The fraction of sp³-hybridized carbons (Fsp3) is 0.600. The van der Waals surface area contributed by atoms with Crippen LogP contribution in [-0.4, -0.2) is 50.9 Å². The Balaban J connectivity index is 2.21. The number of hydrogen-bond acceptors (Lipinski definition) is 5. The molecule has 0 radical (unpaired) electrons. The number of alkyl halides is 1. The van der Waals surface area contributed by atoms with E-state index in [0.717, 1.165) is 11.8 Å². The second kappa shape index (κ2) is 5.10. The van der Waals surface area contributed by atoms with E-state index in [1.807, 2.05) is 0 Å². The van der Waals surface area contributed by atoms with E-state index in [0.29, 0.717) is 4.24 Å². The van der Waals surface area contributed by atoms with Gasteiger partial charge in [-0.15, -0.1) is 11.8 Å². The van der Waals surface area contributed by atoms with E-state index in [4.69, 9.17) is 5.11 Å². The summed E-state index contributed by atoms with van der Waals surface area (Å²) in [6.45, 7) is 0.952. The van der Waals surface area contributed by atoms with E-state index in [2.05, 4.69) is 0 Å². The molecule has 2 rings (SSSR count). The van der Waals surface area contributed by atoms with Gasteiger partial charge in [0.25, 0.3) is 0 Å². The van der Waals surface area contributed by atoms with Crippen LogP contribution in [0.4, 0.5) is 4.39 Å².